The molecule has 0 heterocycles. The first-order valence-corrected chi connectivity index (χ1v) is 9.97. The molecule has 0 aliphatic heterocycles. The summed E-state index contributed by atoms with van der Waals surface area (Å²) in [7, 11) is -0.451. The molecule has 0 aromatic heterocycles. The number of para-hydroxylation sites is 1. The van der Waals surface area contributed by atoms with Crippen LogP contribution in [0.2, 0.25) is 0 Å². The number of benzene rings is 2. The third-order valence-corrected chi connectivity index (χ3v) is 6.06. The summed E-state index contributed by atoms with van der Waals surface area (Å²) in [5.41, 5.74) is 2.15. The number of carbonyl (C=O) groups excluding carboxylic acids is 1. The van der Waals surface area contributed by atoms with Crippen LogP contribution >= 0.6 is 0 Å². The SMILES string of the molecule is CN(C)S(=O)(=O)c1cccc(CNc2ccccc2C(=O)NC2CC2)c1. The number of sulfonamides is 1. The Balaban J connectivity index is 1.75. The van der Waals surface area contributed by atoms with Gasteiger partial charge in [-0.25, -0.2) is 12.7 Å². The molecule has 2 aromatic rings. The van der Waals surface area contributed by atoms with Crippen LogP contribution in [0.1, 0.15) is 28.8 Å². The van der Waals surface area contributed by atoms with Gasteiger partial charge in [-0.3, -0.25) is 4.79 Å². The second-order valence-corrected chi connectivity index (χ2v) is 8.73. The van der Waals surface area contributed by atoms with Gasteiger partial charge in [0.25, 0.3) is 5.91 Å². The van der Waals surface area contributed by atoms with Crippen molar-refractivity contribution in [2.24, 2.45) is 0 Å². The third-order valence-electron chi connectivity index (χ3n) is 4.24. The first kappa shape index (κ1) is 18.4. The predicted octanol–water partition coefficient (Wildman–Crippen LogP) is 2.44. The molecular formula is C19H23N3O3S. The summed E-state index contributed by atoms with van der Waals surface area (Å²) in [5, 5.41) is 6.23. The second-order valence-electron chi connectivity index (χ2n) is 6.58. The number of hydrogen-bond donors (Lipinski definition) is 2. The standard InChI is InChI=1S/C19H23N3O3S/c1-22(2)26(24,25)16-7-5-6-14(12-16)13-20-18-9-4-3-8-17(18)19(23)21-15-10-11-15/h3-9,12,15,20H,10-11,13H2,1-2H3,(H,21,23). The van der Waals surface area contributed by atoms with E-state index >= 15 is 0 Å². The second kappa shape index (κ2) is 7.47. The van der Waals surface area contributed by atoms with Gasteiger partial charge in [0.2, 0.25) is 10.0 Å². The Hall–Kier alpha value is -2.38. The van der Waals surface area contributed by atoms with Crippen molar-refractivity contribution < 1.29 is 13.2 Å². The fraction of sp³-hybridized carbons (Fsp3) is 0.316. The molecule has 0 spiro atoms. The lowest BCUT2D eigenvalue weighted by atomic mass is 10.1. The molecule has 1 fully saturated rings. The normalized spacial score (nSPS) is 14.3. The van der Waals surface area contributed by atoms with Crippen LogP contribution in [0, 0.1) is 0 Å². The molecule has 0 radical (unpaired) electrons. The number of hydrogen-bond acceptors (Lipinski definition) is 4. The van der Waals surface area contributed by atoms with Crippen molar-refractivity contribution in [3.05, 3.63) is 59.7 Å². The van der Waals surface area contributed by atoms with E-state index in [4.69, 9.17) is 0 Å². The number of amides is 1. The molecule has 2 N–H and O–H groups in total. The van der Waals surface area contributed by atoms with E-state index in [1.807, 2.05) is 24.3 Å². The molecule has 1 aliphatic carbocycles. The van der Waals surface area contributed by atoms with E-state index in [2.05, 4.69) is 10.6 Å². The predicted molar refractivity (Wildman–Crippen MR) is 102 cm³/mol. The molecule has 6 nitrogen and oxygen atoms in total. The number of nitrogens with zero attached hydrogens (tertiary/aromatic N) is 1. The van der Waals surface area contributed by atoms with Gasteiger partial charge in [-0.1, -0.05) is 24.3 Å². The summed E-state index contributed by atoms with van der Waals surface area (Å²) in [6.07, 6.45) is 2.07. The number of anilines is 1. The number of nitrogens with one attached hydrogen (secondary N) is 2. The Labute approximate surface area is 154 Å². The molecule has 0 saturated heterocycles. The van der Waals surface area contributed by atoms with Crippen LogP contribution in [0.3, 0.4) is 0 Å². The maximum atomic E-state index is 12.4. The third kappa shape index (κ3) is 4.23. The van der Waals surface area contributed by atoms with Gasteiger partial charge >= 0.3 is 0 Å². The zero-order valence-electron chi connectivity index (χ0n) is 14.9. The molecule has 7 heteroatoms. The van der Waals surface area contributed by atoms with Gasteiger partial charge in [-0.2, -0.15) is 0 Å². The number of rotatable bonds is 7. The van der Waals surface area contributed by atoms with E-state index in [1.165, 1.54) is 18.4 Å². The molecule has 0 bridgehead atoms. The molecule has 3 rings (SSSR count). The van der Waals surface area contributed by atoms with Crippen molar-refractivity contribution in [1.29, 1.82) is 0 Å². The highest BCUT2D eigenvalue weighted by molar-refractivity contribution is 7.89. The fourth-order valence-electron chi connectivity index (χ4n) is 2.55. The van der Waals surface area contributed by atoms with Gasteiger partial charge < -0.3 is 10.6 Å². The first-order chi connectivity index (χ1) is 12.4. The summed E-state index contributed by atoms with van der Waals surface area (Å²) < 4.78 is 25.7. The van der Waals surface area contributed by atoms with E-state index in [0.29, 0.717) is 18.2 Å². The van der Waals surface area contributed by atoms with Crippen LogP contribution in [0.15, 0.2) is 53.4 Å². The maximum absolute atomic E-state index is 12.4. The van der Waals surface area contributed by atoms with Crippen molar-refractivity contribution in [2.75, 3.05) is 19.4 Å². The van der Waals surface area contributed by atoms with Gasteiger partial charge in [-0.05, 0) is 42.7 Å². The van der Waals surface area contributed by atoms with Crippen LogP contribution in [0.25, 0.3) is 0 Å². The van der Waals surface area contributed by atoms with Crippen molar-refractivity contribution in [1.82, 2.24) is 9.62 Å². The zero-order valence-corrected chi connectivity index (χ0v) is 15.7. The molecule has 0 unspecified atom stereocenters. The quantitative estimate of drug-likeness (QED) is 0.781. The molecule has 0 atom stereocenters. The lowest BCUT2D eigenvalue weighted by Crippen LogP contribution is -2.26. The Morgan fingerprint density at radius 1 is 1.12 bits per heavy atom. The van der Waals surface area contributed by atoms with Crippen LogP contribution in [0.5, 0.6) is 0 Å². The highest BCUT2D eigenvalue weighted by Gasteiger charge is 2.24. The monoisotopic (exact) mass is 373 g/mol. The van der Waals surface area contributed by atoms with Gasteiger partial charge in [0, 0.05) is 32.4 Å². The molecule has 138 valence electrons. The summed E-state index contributed by atoms with van der Waals surface area (Å²) in [6, 6.07) is 14.4. The maximum Gasteiger partial charge on any atom is 0.253 e. The Morgan fingerprint density at radius 2 is 1.85 bits per heavy atom. The minimum absolute atomic E-state index is 0.0838. The molecule has 1 aliphatic rings. The van der Waals surface area contributed by atoms with Crippen LogP contribution in [-0.4, -0.2) is 38.8 Å². The minimum atomic E-state index is -3.47. The largest absolute Gasteiger partial charge is 0.380 e. The first-order valence-electron chi connectivity index (χ1n) is 8.53. The Morgan fingerprint density at radius 3 is 2.54 bits per heavy atom. The minimum Gasteiger partial charge on any atom is -0.380 e. The average Bonchev–Trinajstić information content (AvgIpc) is 3.44. The van der Waals surface area contributed by atoms with E-state index in [9.17, 15) is 13.2 Å². The van der Waals surface area contributed by atoms with Crippen molar-refractivity contribution >= 4 is 21.6 Å². The van der Waals surface area contributed by atoms with Gasteiger partial charge in [0.05, 0.1) is 10.5 Å². The summed E-state index contributed by atoms with van der Waals surface area (Å²) in [4.78, 5) is 12.6. The average molecular weight is 373 g/mol. The molecular weight excluding hydrogens is 350 g/mol. The molecule has 1 amide bonds. The van der Waals surface area contributed by atoms with Crippen LogP contribution in [-0.2, 0) is 16.6 Å². The van der Waals surface area contributed by atoms with Crippen LogP contribution < -0.4 is 10.6 Å². The molecule has 26 heavy (non-hydrogen) atoms. The van der Waals surface area contributed by atoms with E-state index in [1.54, 1.807) is 24.3 Å². The van der Waals surface area contributed by atoms with Crippen LogP contribution in [0.4, 0.5) is 5.69 Å². The fourth-order valence-corrected chi connectivity index (χ4v) is 3.52. The molecule has 1 saturated carbocycles. The lowest BCUT2D eigenvalue weighted by Gasteiger charge is -2.14. The summed E-state index contributed by atoms with van der Waals surface area (Å²) >= 11 is 0. The highest BCUT2D eigenvalue weighted by atomic mass is 32.2. The van der Waals surface area contributed by atoms with E-state index < -0.39 is 10.0 Å². The Bertz CT molecular complexity index is 906. The van der Waals surface area contributed by atoms with Gasteiger partial charge in [-0.15, -0.1) is 0 Å². The van der Waals surface area contributed by atoms with E-state index in [0.717, 1.165) is 24.1 Å². The Kier molecular flexibility index (Phi) is 5.29. The zero-order chi connectivity index (χ0) is 18.7. The smallest absolute Gasteiger partial charge is 0.253 e. The van der Waals surface area contributed by atoms with Crippen molar-refractivity contribution in [3.8, 4) is 0 Å². The van der Waals surface area contributed by atoms with Crippen molar-refractivity contribution in [2.45, 2.75) is 30.3 Å². The van der Waals surface area contributed by atoms with Gasteiger partial charge in [0.15, 0.2) is 0 Å². The lowest BCUT2D eigenvalue weighted by molar-refractivity contribution is 0.0952. The highest BCUT2D eigenvalue weighted by Crippen LogP contribution is 2.22. The topological polar surface area (TPSA) is 78.5 Å². The summed E-state index contributed by atoms with van der Waals surface area (Å²) in [5.74, 6) is -0.0838. The van der Waals surface area contributed by atoms with Crippen molar-refractivity contribution in [3.63, 3.8) is 0 Å². The molecule has 2 aromatic carbocycles. The van der Waals surface area contributed by atoms with Gasteiger partial charge in [0.1, 0.15) is 0 Å². The summed E-state index contributed by atoms with van der Waals surface area (Å²) in [6.45, 7) is 0.421. The number of carbonyl (C=O) groups is 1. The van der Waals surface area contributed by atoms with E-state index in [-0.39, 0.29) is 10.8 Å².